The number of hydrogen-bond donors (Lipinski definition) is 3. The zero-order chi connectivity index (χ0) is 26.4. The summed E-state index contributed by atoms with van der Waals surface area (Å²) in [4.78, 5) is 26.8. The normalized spacial score (nSPS) is 14.1. The van der Waals surface area contributed by atoms with Gasteiger partial charge in [0.15, 0.2) is 0 Å². The van der Waals surface area contributed by atoms with E-state index in [1.807, 2.05) is 18.2 Å². The standard InChI is InChI=1S/C29H29FN4O3/c1-19-25(28(35)36)9-10-27(33-29(37)32-24-4-2-3-22(16-24)17-31)26(19)18-34-13-11-21(12-14-34)15-20-5-7-23(30)8-6-20/h2-10,16,21H,11-15,18H2,1H3,(H,35,36)(H2,32,33,37). The summed E-state index contributed by atoms with van der Waals surface area (Å²) in [6.45, 7) is 3.96. The Bertz CT molecular complexity index is 1330. The van der Waals surface area contributed by atoms with Crippen molar-refractivity contribution >= 4 is 23.4 Å². The van der Waals surface area contributed by atoms with E-state index in [4.69, 9.17) is 5.26 Å². The first-order chi connectivity index (χ1) is 17.8. The highest BCUT2D eigenvalue weighted by molar-refractivity contribution is 6.01. The summed E-state index contributed by atoms with van der Waals surface area (Å²) in [5.41, 5.74) is 4.17. The van der Waals surface area contributed by atoms with Crippen molar-refractivity contribution in [2.24, 2.45) is 5.92 Å². The van der Waals surface area contributed by atoms with Crippen LogP contribution in [0, 0.1) is 30.0 Å². The van der Waals surface area contributed by atoms with Gasteiger partial charge in [-0.2, -0.15) is 5.26 Å². The van der Waals surface area contributed by atoms with Gasteiger partial charge in [-0.15, -0.1) is 0 Å². The third-order valence-electron chi connectivity index (χ3n) is 6.85. The van der Waals surface area contributed by atoms with Crippen LogP contribution in [0.25, 0.3) is 0 Å². The molecule has 0 atom stereocenters. The molecule has 4 rings (SSSR count). The van der Waals surface area contributed by atoms with Gasteiger partial charge in [0.25, 0.3) is 0 Å². The van der Waals surface area contributed by atoms with Crippen LogP contribution in [-0.4, -0.2) is 35.1 Å². The van der Waals surface area contributed by atoms with Crippen LogP contribution in [0.2, 0.25) is 0 Å². The van der Waals surface area contributed by atoms with Crippen LogP contribution < -0.4 is 10.6 Å². The molecule has 0 bridgehead atoms. The summed E-state index contributed by atoms with van der Waals surface area (Å²) in [7, 11) is 0. The van der Waals surface area contributed by atoms with Crippen molar-refractivity contribution in [2.45, 2.75) is 32.7 Å². The molecule has 3 aromatic rings. The number of rotatable bonds is 7. The molecule has 1 aliphatic rings. The lowest BCUT2D eigenvalue weighted by molar-refractivity contribution is 0.0695. The number of carboxylic acid groups (broad SMARTS) is 1. The third-order valence-corrected chi connectivity index (χ3v) is 6.85. The summed E-state index contributed by atoms with van der Waals surface area (Å²) in [5.74, 6) is -0.743. The Balaban J connectivity index is 1.44. The molecule has 0 radical (unpaired) electrons. The van der Waals surface area contributed by atoms with Crippen molar-refractivity contribution in [3.63, 3.8) is 0 Å². The number of nitrogens with zero attached hydrogens (tertiary/aromatic N) is 2. The van der Waals surface area contributed by atoms with Crippen molar-refractivity contribution in [1.82, 2.24) is 4.90 Å². The molecule has 0 aromatic heterocycles. The van der Waals surface area contributed by atoms with E-state index in [1.165, 1.54) is 18.2 Å². The number of halogens is 1. The van der Waals surface area contributed by atoms with E-state index < -0.39 is 12.0 Å². The molecule has 0 spiro atoms. The molecule has 1 heterocycles. The molecular weight excluding hydrogens is 471 g/mol. The predicted molar refractivity (Wildman–Crippen MR) is 140 cm³/mol. The van der Waals surface area contributed by atoms with Crippen molar-refractivity contribution in [3.8, 4) is 6.07 Å². The number of nitriles is 1. The number of anilines is 2. The lowest BCUT2D eigenvalue weighted by atomic mass is 9.89. The first-order valence-corrected chi connectivity index (χ1v) is 12.2. The topological polar surface area (TPSA) is 105 Å². The van der Waals surface area contributed by atoms with Gasteiger partial charge in [-0.25, -0.2) is 14.0 Å². The number of amides is 2. The second-order valence-electron chi connectivity index (χ2n) is 9.39. The Morgan fingerprint density at radius 3 is 2.49 bits per heavy atom. The van der Waals surface area contributed by atoms with Gasteiger partial charge in [0.1, 0.15) is 5.82 Å². The quantitative estimate of drug-likeness (QED) is 0.380. The summed E-state index contributed by atoms with van der Waals surface area (Å²) < 4.78 is 13.2. The predicted octanol–water partition coefficient (Wildman–Crippen LogP) is 5.80. The Morgan fingerprint density at radius 1 is 1.08 bits per heavy atom. The molecular formula is C29H29FN4O3. The fourth-order valence-corrected chi connectivity index (χ4v) is 4.79. The van der Waals surface area contributed by atoms with Gasteiger partial charge in [0.05, 0.1) is 17.2 Å². The maximum atomic E-state index is 13.2. The SMILES string of the molecule is Cc1c(C(=O)O)ccc(NC(=O)Nc2cccc(C#N)c2)c1CN1CCC(Cc2ccc(F)cc2)CC1. The largest absolute Gasteiger partial charge is 0.478 e. The third kappa shape index (κ3) is 6.72. The average Bonchev–Trinajstić information content (AvgIpc) is 2.88. The number of benzene rings is 3. The van der Waals surface area contributed by atoms with Crippen LogP contribution in [0.3, 0.4) is 0 Å². The first kappa shape index (κ1) is 25.9. The summed E-state index contributed by atoms with van der Waals surface area (Å²) in [6.07, 6.45) is 2.86. The molecule has 3 aromatic carbocycles. The number of likely N-dealkylation sites (tertiary alicyclic amines) is 1. The lowest BCUT2D eigenvalue weighted by Gasteiger charge is -2.33. The number of aromatic carboxylic acids is 1. The Kier molecular flexibility index (Phi) is 8.16. The Labute approximate surface area is 215 Å². The number of piperidine rings is 1. The molecule has 1 aliphatic heterocycles. The smallest absolute Gasteiger partial charge is 0.335 e. The van der Waals surface area contributed by atoms with Crippen LogP contribution in [0.15, 0.2) is 60.7 Å². The van der Waals surface area contributed by atoms with Crippen molar-refractivity contribution in [2.75, 3.05) is 23.7 Å². The fourth-order valence-electron chi connectivity index (χ4n) is 4.79. The molecule has 0 aliphatic carbocycles. The number of carbonyl (C=O) groups is 2. The van der Waals surface area contributed by atoms with Crippen molar-refractivity contribution in [3.05, 3.63) is 94.3 Å². The molecule has 190 valence electrons. The number of urea groups is 1. The van der Waals surface area contributed by atoms with E-state index in [2.05, 4.69) is 15.5 Å². The van der Waals surface area contributed by atoms with Gasteiger partial charge in [0, 0.05) is 17.9 Å². The fraction of sp³-hybridized carbons (Fsp3) is 0.276. The van der Waals surface area contributed by atoms with E-state index in [9.17, 15) is 19.1 Å². The maximum absolute atomic E-state index is 13.2. The lowest BCUT2D eigenvalue weighted by Crippen LogP contribution is -2.34. The highest BCUT2D eigenvalue weighted by atomic mass is 19.1. The molecule has 1 saturated heterocycles. The summed E-state index contributed by atoms with van der Waals surface area (Å²) in [5, 5.41) is 24.3. The van der Waals surface area contributed by atoms with Gasteiger partial charge in [-0.05, 0) is 104 Å². The molecule has 2 amide bonds. The van der Waals surface area contributed by atoms with Crippen molar-refractivity contribution < 1.29 is 19.1 Å². The van der Waals surface area contributed by atoms with Gasteiger partial charge < -0.3 is 15.7 Å². The summed E-state index contributed by atoms with van der Waals surface area (Å²) in [6, 6.07) is 18.0. The van der Waals surface area contributed by atoms with Crippen LogP contribution >= 0.6 is 0 Å². The Morgan fingerprint density at radius 2 is 1.81 bits per heavy atom. The van der Waals surface area contributed by atoms with E-state index in [0.717, 1.165) is 43.5 Å². The second kappa shape index (κ2) is 11.7. The Hall–Kier alpha value is -4.22. The first-order valence-electron chi connectivity index (χ1n) is 12.2. The van der Waals surface area contributed by atoms with Crippen LogP contribution in [0.1, 0.15) is 45.5 Å². The van der Waals surface area contributed by atoms with E-state index in [-0.39, 0.29) is 11.4 Å². The zero-order valence-electron chi connectivity index (χ0n) is 20.6. The van der Waals surface area contributed by atoms with Gasteiger partial charge in [0.2, 0.25) is 0 Å². The van der Waals surface area contributed by atoms with E-state index in [0.29, 0.717) is 35.0 Å². The molecule has 37 heavy (non-hydrogen) atoms. The number of carboxylic acids is 1. The number of nitrogens with one attached hydrogen (secondary N) is 2. The minimum atomic E-state index is -1.01. The highest BCUT2D eigenvalue weighted by Crippen LogP contribution is 2.28. The summed E-state index contributed by atoms with van der Waals surface area (Å²) >= 11 is 0. The molecule has 0 unspecified atom stereocenters. The van der Waals surface area contributed by atoms with Crippen molar-refractivity contribution in [1.29, 1.82) is 5.26 Å². The monoisotopic (exact) mass is 500 g/mol. The van der Waals surface area contributed by atoms with Gasteiger partial charge in [-0.1, -0.05) is 18.2 Å². The van der Waals surface area contributed by atoms with Crippen LogP contribution in [-0.2, 0) is 13.0 Å². The number of hydrogen-bond acceptors (Lipinski definition) is 4. The van der Waals surface area contributed by atoms with E-state index >= 15 is 0 Å². The molecule has 3 N–H and O–H groups in total. The minimum absolute atomic E-state index is 0.203. The second-order valence-corrected chi connectivity index (χ2v) is 9.39. The molecule has 8 heteroatoms. The highest BCUT2D eigenvalue weighted by Gasteiger charge is 2.23. The van der Waals surface area contributed by atoms with Crippen LogP contribution in [0.5, 0.6) is 0 Å². The average molecular weight is 501 g/mol. The molecule has 7 nitrogen and oxygen atoms in total. The molecule has 1 fully saturated rings. The minimum Gasteiger partial charge on any atom is -0.478 e. The molecule has 0 saturated carbocycles. The maximum Gasteiger partial charge on any atom is 0.335 e. The van der Waals surface area contributed by atoms with Crippen LogP contribution in [0.4, 0.5) is 20.6 Å². The van der Waals surface area contributed by atoms with Gasteiger partial charge >= 0.3 is 12.0 Å². The van der Waals surface area contributed by atoms with Gasteiger partial charge in [-0.3, -0.25) is 4.90 Å². The zero-order valence-corrected chi connectivity index (χ0v) is 20.6. The number of carbonyl (C=O) groups excluding carboxylic acids is 1. The van der Waals surface area contributed by atoms with E-state index in [1.54, 1.807) is 37.3 Å².